The van der Waals surface area contributed by atoms with Gasteiger partial charge in [0.2, 0.25) is 0 Å². The normalized spacial score (nSPS) is 10.9. The van der Waals surface area contributed by atoms with Gasteiger partial charge in [-0.1, -0.05) is 18.2 Å². The summed E-state index contributed by atoms with van der Waals surface area (Å²) in [5, 5.41) is 8.88. The van der Waals surface area contributed by atoms with Gasteiger partial charge in [0.15, 0.2) is 11.5 Å². The predicted molar refractivity (Wildman–Crippen MR) is 130 cm³/mol. The highest BCUT2D eigenvalue weighted by Gasteiger charge is 2.17. The van der Waals surface area contributed by atoms with Crippen LogP contribution in [0.1, 0.15) is 12.0 Å². The summed E-state index contributed by atoms with van der Waals surface area (Å²) in [5.74, 6) is 1.04. The van der Waals surface area contributed by atoms with Crippen LogP contribution >= 0.6 is 0 Å². The fourth-order valence-electron chi connectivity index (χ4n) is 3.22. The van der Waals surface area contributed by atoms with Crippen molar-refractivity contribution >= 4 is 21.7 Å². The van der Waals surface area contributed by atoms with E-state index in [1.807, 2.05) is 18.2 Å². The highest BCUT2D eigenvalue weighted by Crippen LogP contribution is 2.30. The molecule has 0 aliphatic carbocycles. The van der Waals surface area contributed by atoms with Gasteiger partial charge in [0.05, 0.1) is 19.1 Å². The van der Waals surface area contributed by atoms with Gasteiger partial charge in [0.1, 0.15) is 24.7 Å². The molecule has 0 atom stereocenters. The number of hydrogen-bond donors (Lipinski definition) is 2. The Hall–Kier alpha value is -3.92. The van der Waals surface area contributed by atoms with E-state index in [-0.39, 0.29) is 24.5 Å². The number of hydrogen-bond acceptors (Lipinski definition) is 7. The van der Waals surface area contributed by atoms with Crippen LogP contribution in [-0.2, 0) is 21.2 Å². The molecule has 186 valence electrons. The first-order chi connectivity index (χ1) is 16.8. The number of nitrogens with one attached hydrogen (secondary N) is 1. The predicted octanol–water partition coefficient (Wildman–Crippen LogP) is 3.98. The molecule has 0 heterocycles. The number of carboxylic acid groups (broad SMARTS) is 1. The summed E-state index contributed by atoms with van der Waals surface area (Å²) >= 11 is 0. The van der Waals surface area contributed by atoms with Crippen molar-refractivity contribution in [2.24, 2.45) is 0 Å². The monoisotopic (exact) mass is 501 g/mol. The van der Waals surface area contributed by atoms with Crippen molar-refractivity contribution in [1.29, 1.82) is 0 Å². The molecular weight excluding hydrogens is 474 g/mol. The Morgan fingerprint density at radius 2 is 1.54 bits per heavy atom. The number of carbonyl (C=O) groups is 1. The lowest BCUT2D eigenvalue weighted by atomic mass is 10.1. The van der Waals surface area contributed by atoms with E-state index >= 15 is 0 Å². The molecule has 0 saturated heterocycles. The van der Waals surface area contributed by atoms with E-state index in [2.05, 4.69) is 4.72 Å². The Bertz CT molecular complexity index is 1240. The van der Waals surface area contributed by atoms with Gasteiger partial charge in [-0.2, -0.15) is 0 Å². The molecule has 0 saturated carbocycles. The first-order valence-corrected chi connectivity index (χ1v) is 12.2. The maximum absolute atomic E-state index is 12.7. The summed E-state index contributed by atoms with van der Waals surface area (Å²) in [4.78, 5) is 10.9. The zero-order valence-corrected chi connectivity index (χ0v) is 20.2. The fourth-order valence-corrected chi connectivity index (χ4v) is 4.29. The molecular formula is C25H27NO8S. The maximum Gasteiger partial charge on any atom is 0.303 e. The molecule has 3 rings (SSSR count). The van der Waals surface area contributed by atoms with Gasteiger partial charge in [0.25, 0.3) is 10.0 Å². The molecule has 0 unspecified atom stereocenters. The van der Waals surface area contributed by atoms with Crippen LogP contribution in [0, 0.1) is 0 Å². The Morgan fingerprint density at radius 1 is 0.857 bits per heavy atom. The van der Waals surface area contributed by atoms with Gasteiger partial charge < -0.3 is 24.1 Å². The number of methoxy groups -OCH3 is 2. The molecule has 0 aliphatic heterocycles. The van der Waals surface area contributed by atoms with Crippen LogP contribution in [0.4, 0.5) is 5.69 Å². The van der Waals surface area contributed by atoms with Crippen LogP contribution in [0.5, 0.6) is 23.0 Å². The molecule has 3 aromatic carbocycles. The highest BCUT2D eigenvalue weighted by molar-refractivity contribution is 7.92. The minimum atomic E-state index is -3.83. The summed E-state index contributed by atoms with van der Waals surface area (Å²) in [5.41, 5.74) is 1.19. The molecule has 2 N–H and O–H groups in total. The van der Waals surface area contributed by atoms with Gasteiger partial charge in [-0.25, -0.2) is 8.42 Å². The largest absolute Gasteiger partial charge is 0.493 e. The fraction of sp³-hybridized carbons (Fsp3) is 0.240. The van der Waals surface area contributed by atoms with Crippen LogP contribution in [-0.4, -0.2) is 46.9 Å². The third-order valence-corrected chi connectivity index (χ3v) is 6.34. The number of rotatable bonds is 13. The summed E-state index contributed by atoms with van der Waals surface area (Å²) < 4.78 is 49.7. The second kappa shape index (κ2) is 12.0. The van der Waals surface area contributed by atoms with Crippen molar-refractivity contribution in [2.75, 3.05) is 32.2 Å². The van der Waals surface area contributed by atoms with Gasteiger partial charge in [0, 0.05) is 18.2 Å². The van der Waals surface area contributed by atoms with Gasteiger partial charge in [-0.05, 0) is 54.4 Å². The first kappa shape index (κ1) is 25.7. The lowest BCUT2D eigenvalue weighted by molar-refractivity contribution is -0.136. The minimum Gasteiger partial charge on any atom is -0.493 e. The summed E-state index contributed by atoms with van der Waals surface area (Å²) in [6.45, 7) is 0.516. The van der Waals surface area contributed by atoms with Gasteiger partial charge in [-0.15, -0.1) is 0 Å². The third kappa shape index (κ3) is 7.28. The number of sulfonamides is 1. The molecule has 0 bridgehead atoms. The van der Waals surface area contributed by atoms with E-state index in [1.165, 1.54) is 32.4 Å². The summed E-state index contributed by atoms with van der Waals surface area (Å²) in [7, 11) is -0.925. The number of benzene rings is 3. The second-order valence-electron chi connectivity index (χ2n) is 7.35. The van der Waals surface area contributed by atoms with Crippen molar-refractivity contribution in [1.82, 2.24) is 0 Å². The number of carboxylic acids is 1. The van der Waals surface area contributed by atoms with E-state index in [0.717, 1.165) is 5.56 Å². The number of aryl methyl sites for hydroxylation is 1. The topological polar surface area (TPSA) is 120 Å². The molecule has 0 aromatic heterocycles. The number of ether oxygens (including phenoxy) is 4. The van der Waals surface area contributed by atoms with Crippen LogP contribution in [0.25, 0.3) is 0 Å². The average Bonchev–Trinajstić information content (AvgIpc) is 2.86. The van der Waals surface area contributed by atoms with Crippen molar-refractivity contribution in [3.63, 3.8) is 0 Å². The number of anilines is 1. The molecule has 10 heteroatoms. The van der Waals surface area contributed by atoms with Crippen molar-refractivity contribution < 1.29 is 37.3 Å². The minimum absolute atomic E-state index is 0.0268. The third-order valence-electron chi connectivity index (χ3n) is 4.96. The Morgan fingerprint density at radius 3 is 2.23 bits per heavy atom. The van der Waals surface area contributed by atoms with Crippen molar-refractivity contribution in [2.45, 2.75) is 17.7 Å². The Balaban J connectivity index is 1.53. The SMILES string of the molecule is COc1ccc(S(=O)(=O)Nc2ccc(OCCOc3ccccc3CCC(=O)O)cc2)cc1OC. The van der Waals surface area contributed by atoms with Crippen molar-refractivity contribution in [3.8, 4) is 23.0 Å². The molecule has 0 radical (unpaired) electrons. The molecule has 0 fully saturated rings. The second-order valence-corrected chi connectivity index (χ2v) is 9.03. The summed E-state index contributed by atoms with van der Waals surface area (Å²) in [6, 6.07) is 18.1. The molecule has 3 aromatic rings. The Kier molecular flexibility index (Phi) is 8.80. The maximum atomic E-state index is 12.7. The van der Waals surface area contributed by atoms with E-state index in [4.69, 9.17) is 24.1 Å². The zero-order chi connectivity index (χ0) is 25.3. The summed E-state index contributed by atoms with van der Waals surface area (Å²) in [6.07, 6.45) is 0.409. The quantitative estimate of drug-likeness (QED) is 0.338. The standard InChI is InChI=1S/C25H27NO8S/c1-31-23-13-12-21(17-24(23)32-2)35(29,30)26-19-8-10-20(11-9-19)33-15-16-34-22-6-4-3-5-18(22)7-14-25(27)28/h3-6,8-13,17,26H,7,14-16H2,1-2H3,(H,27,28). The lowest BCUT2D eigenvalue weighted by Gasteiger charge is -2.13. The molecule has 0 spiro atoms. The van der Waals surface area contributed by atoms with E-state index in [1.54, 1.807) is 30.3 Å². The lowest BCUT2D eigenvalue weighted by Crippen LogP contribution is -2.13. The van der Waals surface area contributed by atoms with Crippen LogP contribution in [0.2, 0.25) is 0 Å². The first-order valence-electron chi connectivity index (χ1n) is 10.7. The van der Waals surface area contributed by atoms with Gasteiger partial charge in [-0.3, -0.25) is 9.52 Å². The molecule has 35 heavy (non-hydrogen) atoms. The van der Waals surface area contributed by atoms with Crippen molar-refractivity contribution in [3.05, 3.63) is 72.3 Å². The van der Waals surface area contributed by atoms with Crippen LogP contribution in [0.3, 0.4) is 0 Å². The molecule has 0 aliphatic rings. The molecule has 0 amide bonds. The van der Waals surface area contributed by atoms with E-state index in [0.29, 0.717) is 35.1 Å². The molecule has 9 nitrogen and oxygen atoms in total. The number of aliphatic carboxylic acids is 1. The van der Waals surface area contributed by atoms with E-state index in [9.17, 15) is 13.2 Å². The van der Waals surface area contributed by atoms with Gasteiger partial charge >= 0.3 is 5.97 Å². The zero-order valence-electron chi connectivity index (χ0n) is 19.4. The smallest absolute Gasteiger partial charge is 0.303 e. The van der Waals surface area contributed by atoms with Crippen LogP contribution in [0.15, 0.2) is 71.6 Å². The highest BCUT2D eigenvalue weighted by atomic mass is 32.2. The number of para-hydroxylation sites is 1. The average molecular weight is 502 g/mol. The Labute approximate surface area is 204 Å². The van der Waals surface area contributed by atoms with E-state index < -0.39 is 16.0 Å². The van der Waals surface area contributed by atoms with Crippen LogP contribution < -0.4 is 23.7 Å².